The Morgan fingerprint density at radius 2 is 1.92 bits per heavy atom. The molecule has 25 heavy (non-hydrogen) atoms. The van der Waals surface area contributed by atoms with E-state index in [0.29, 0.717) is 13.0 Å². The first-order valence-corrected chi connectivity index (χ1v) is 11.6. The highest BCUT2D eigenvalue weighted by Gasteiger charge is 2.36. The molecule has 0 aromatic heterocycles. The van der Waals surface area contributed by atoms with Gasteiger partial charge in [-0.1, -0.05) is 20.8 Å². The highest BCUT2D eigenvalue weighted by molar-refractivity contribution is 9.10. The number of hydrogen-bond donors (Lipinski definition) is 1. The van der Waals surface area contributed by atoms with Crippen molar-refractivity contribution < 1.29 is 18.9 Å². The number of hydrogen-bond acceptors (Lipinski definition) is 5. The van der Waals surface area contributed by atoms with Crippen LogP contribution in [0.25, 0.3) is 0 Å². The van der Waals surface area contributed by atoms with E-state index in [1.165, 1.54) is 12.1 Å². The molecule has 1 aromatic carbocycles. The van der Waals surface area contributed by atoms with E-state index in [9.17, 15) is 14.9 Å². The van der Waals surface area contributed by atoms with Crippen molar-refractivity contribution in [3.05, 3.63) is 32.3 Å². The van der Waals surface area contributed by atoms with Crippen LogP contribution >= 0.6 is 15.9 Å². The molecule has 2 N–H and O–H groups in total. The Balaban J connectivity index is 2.74. The molecular weight excluding hydrogens is 408 g/mol. The van der Waals surface area contributed by atoms with E-state index >= 15 is 0 Å². The number of halogens is 1. The number of carbonyl (C=O) groups is 1. The second kappa shape index (κ2) is 8.28. The number of benzene rings is 1. The summed E-state index contributed by atoms with van der Waals surface area (Å²) < 4.78 is 11.7. The minimum absolute atomic E-state index is 0.0144. The summed E-state index contributed by atoms with van der Waals surface area (Å²) in [6.07, 6.45) is 0.585. The molecule has 0 aliphatic heterocycles. The number of carbonyl (C=O) groups excluding carboxylic acids is 1. The number of rotatable bonds is 8. The highest BCUT2D eigenvalue weighted by atomic mass is 79.9. The molecule has 0 aliphatic carbocycles. The quantitative estimate of drug-likeness (QED) is 0.286. The fraction of sp³-hybridized carbons (Fsp3) is 0.562. The molecule has 0 fully saturated rings. The number of nitrogens with two attached hydrogens (primary N) is 1. The Labute approximate surface area is 157 Å². The molecule has 1 rings (SSSR count). The fourth-order valence-corrected chi connectivity index (χ4v) is 3.46. The zero-order chi connectivity index (χ0) is 19.4. The number of amides is 1. The zero-order valence-electron chi connectivity index (χ0n) is 15.2. The molecule has 1 amide bonds. The average molecular weight is 433 g/mol. The van der Waals surface area contributed by atoms with Gasteiger partial charge in [0.1, 0.15) is 4.47 Å². The third-order valence-corrected chi connectivity index (χ3v) is 9.45. The monoisotopic (exact) mass is 432 g/mol. The Kier molecular flexibility index (Phi) is 7.15. The van der Waals surface area contributed by atoms with Crippen LogP contribution < -0.4 is 10.5 Å². The van der Waals surface area contributed by atoms with Crippen LogP contribution in [0.4, 0.5) is 5.69 Å². The Morgan fingerprint density at radius 3 is 2.40 bits per heavy atom. The molecule has 0 bridgehead atoms. The van der Waals surface area contributed by atoms with E-state index in [4.69, 9.17) is 14.9 Å². The van der Waals surface area contributed by atoms with E-state index in [1.807, 2.05) is 0 Å². The summed E-state index contributed by atoms with van der Waals surface area (Å²) in [4.78, 5) is 22.0. The maximum absolute atomic E-state index is 11.3. The molecule has 0 spiro atoms. The molecule has 0 saturated heterocycles. The van der Waals surface area contributed by atoms with Gasteiger partial charge < -0.3 is 14.9 Å². The number of nitrogens with zero attached hydrogens (tertiary/aromatic N) is 1. The van der Waals surface area contributed by atoms with E-state index in [-0.39, 0.29) is 33.1 Å². The lowest BCUT2D eigenvalue weighted by Gasteiger charge is -2.36. The third kappa shape index (κ3) is 5.79. The molecule has 0 atom stereocenters. The van der Waals surface area contributed by atoms with Crippen LogP contribution in [0.5, 0.6) is 5.75 Å². The number of primary amides is 1. The molecule has 1 aromatic rings. The molecule has 0 heterocycles. The topological polar surface area (TPSA) is 105 Å². The van der Waals surface area contributed by atoms with Crippen LogP contribution in [-0.4, -0.2) is 32.4 Å². The summed E-state index contributed by atoms with van der Waals surface area (Å²) in [5.74, 6) is -0.665. The van der Waals surface area contributed by atoms with Crippen molar-refractivity contribution in [2.24, 2.45) is 5.73 Å². The van der Waals surface area contributed by atoms with Crippen LogP contribution in [0.1, 0.15) is 37.6 Å². The van der Waals surface area contributed by atoms with Crippen LogP contribution in [0.3, 0.4) is 0 Å². The van der Waals surface area contributed by atoms with Crippen molar-refractivity contribution in [1.82, 2.24) is 0 Å². The lowest BCUT2D eigenvalue weighted by Crippen LogP contribution is -2.41. The van der Waals surface area contributed by atoms with E-state index < -0.39 is 19.1 Å². The van der Waals surface area contributed by atoms with Crippen molar-refractivity contribution >= 4 is 35.8 Å². The highest BCUT2D eigenvalue weighted by Crippen LogP contribution is 2.37. The second-order valence-electron chi connectivity index (χ2n) is 7.24. The van der Waals surface area contributed by atoms with Crippen molar-refractivity contribution in [2.45, 2.75) is 45.3 Å². The van der Waals surface area contributed by atoms with Gasteiger partial charge in [0, 0.05) is 24.7 Å². The Hall–Kier alpha value is -1.45. The van der Waals surface area contributed by atoms with Crippen LogP contribution in [0.2, 0.25) is 18.1 Å². The summed E-state index contributed by atoms with van der Waals surface area (Å²) >= 11 is 3.09. The molecule has 140 valence electrons. The van der Waals surface area contributed by atoms with Crippen LogP contribution in [0.15, 0.2) is 16.6 Å². The standard InChI is InChI=1S/C16H25BrN2O5Si/c1-16(2,3)25(4,5)24-8-6-7-23-13-10-11(15(18)20)9-12(17)14(13)19(21)22/h9-10H,6-8H2,1-5H3,(H2,18,20). The van der Waals surface area contributed by atoms with Gasteiger partial charge in [0.2, 0.25) is 5.91 Å². The van der Waals surface area contributed by atoms with Gasteiger partial charge in [0.25, 0.3) is 0 Å². The first-order chi connectivity index (χ1) is 11.4. The predicted molar refractivity (Wildman–Crippen MR) is 103 cm³/mol. The van der Waals surface area contributed by atoms with E-state index in [1.54, 1.807) is 0 Å². The zero-order valence-corrected chi connectivity index (χ0v) is 17.8. The normalized spacial score (nSPS) is 12.1. The summed E-state index contributed by atoms with van der Waals surface area (Å²) in [6, 6.07) is 2.60. The average Bonchev–Trinajstić information content (AvgIpc) is 2.44. The molecule has 0 aliphatic rings. The predicted octanol–water partition coefficient (Wildman–Crippen LogP) is 4.25. The molecule has 7 nitrogen and oxygen atoms in total. The molecular formula is C16H25BrN2O5Si. The van der Waals surface area contributed by atoms with Gasteiger partial charge in [-0.15, -0.1) is 0 Å². The molecule has 0 saturated carbocycles. The van der Waals surface area contributed by atoms with Gasteiger partial charge in [-0.25, -0.2) is 0 Å². The minimum Gasteiger partial charge on any atom is -0.487 e. The number of nitro groups is 1. The lowest BCUT2D eigenvalue weighted by atomic mass is 10.2. The van der Waals surface area contributed by atoms with Crippen LogP contribution in [0, 0.1) is 10.1 Å². The lowest BCUT2D eigenvalue weighted by molar-refractivity contribution is -0.386. The SMILES string of the molecule is CC(C)(C)[Si](C)(C)OCCCOc1cc(C(N)=O)cc(Br)c1[N+](=O)[O-]. The van der Waals surface area contributed by atoms with Gasteiger partial charge >= 0.3 is 5.69 Å². The third-order valence-electron chi connectivity index (χ3n) is 4.31. The summed E-state index contributed by atoms with van der Waals surface area (Å²) in [5, 5.41) is 11.3. The van der Waals surface area contributed by atoms with Gasteiger partial charge in [0.15, 0.2) is 14.1 Å². The smallest absolute Gasteiger partial charge is 0.325 e. The van der Waals surface area contributed by atoms with Crippen molar-refractivity contribution in [2.75, 3.05) is 13.2 Å². The van der Waals surface area contributed by atoms with Crippen molar-refractivity contribution in [1.29, 1.82) is 0 Å². The van der Waals surface area contributed by atoms with Gasteiger partial charge in [0.05, 0.1) is 11.5 Å². The molecule has 9 heteroatoms. The van der Waals surface area contributed by atoms with Crippen molar-refractivity contribution in [3.63, 3.8) is 0 Å². The minimum atomic E-state index is -1.83. The Morgan fingerprint density at radius 1 is 1.32 bits per heavy atom. The molecule has 0 radical (unpaired) electrons. The van der Waals surface area contributed by atoms with E-state index in [0.717, 1.165) is 0 Å². The summed E-state index contributed by atoms with van der Waals surface area (Å²) in [7, 11) is -1.83. The number of ether oxygens (including phenoxy) is 1. The maximum Gasteiger partial charge on any atom is 0.325 e. The van der Waals surface area contributed by atoms with Crippen molar-refractivity contribution in [3.8, 4) is 5.75 Å². The molecule has 0 unspecified atom stereocenters. The fourth-order valence-electron chi connectivity index (χ4n) is 1.79. The van der Waals surface area contributed by atoms with Gasteiger partial charge in [-0.2, -0.15) is 0 Å². The second-order valence-corrected chi connectivity index (χ2v) is 12.9. The van der Waals surface area contributed by atoms with Crippen LogP contribution in [-0.2, 0) is 4.43 Å². The largest absolute Gasteiger partial charge is 0.487 e. The number of nitro benzene ring substituents is 1. The summed E-state index contributed by atoms with van der Waals surface area (Å²) in [5.41, 5.74) is 5.16. The summed E-state index contributed by atoms with van der Waals surface area (Å²) in [6.45, 7) is 11.5. The van der Waals surface area contributed by atoms with E-state index in [2.05, 4.69) is 49.8 Å². The maximum atomic E-state index is 11.3. The first kappa shape index (κ1) is 21.6. The first-order valence-electron chi connectivity index (χ1n) is 7.91. The van der Waals surface area contributed by atoms with Gasteiger partial charge in [-0.3, -0.25) is 14.9 Å². The Bertz CT molecular complexity index is 659. The van der Waals surface area contributed by atoms with Gasteiger partial charge in [-0.05, 0) is 40.1 Å².